The predicted molar refractivity (Wildman–Crippen MR) is 133 cm³/mol. The van der Waals surface area contributed by atoms with Crippen molar-refractivity contribution in [3.63, 3.8) is 0 Å². The van der Waals surface area contributed by atoms with Gasteiger partial charge in [0, 0.05) is 51.5 Å². The van der Waals surface area contributed by atoms with Crippen LogP contribution in [0.4, 0.5) is 10.5 Å². The summed E-state index contributed by atoms with van der Waals surface area (Å²) in [7, 11) is 0. The van der Waals surface area contributed by atoms with Crippen molar-refractivity contribution in [3.8, 4) is 6.07 Å². The van der Waals surface area contributed by atoms with Crippen molar-refractivity contribution in [2.24, 2.45) is 5.92 Å². The molecule has 2 aromatic carbocycles. The van der Waals surface area contributed by atoms with E-state index >= 15 is 0 Å². The Hall–Kier alpha value is -2.30. The van der Waals surface area contributed by atoms with Crippen molar-refractivity contribution < 1.29 is 4.79 Å². The van der Waals surface area contributed by atoms with Crippen LogP contribution in [0, 0.1) is 17.2 Å². The Balaban J connectivity index is 1.22. The number of likely N-dealkylation sites (tertiary alicyclic amines) is 1. The van der Waals surface area contributed by atoms with Gasteiger partial charge in [-0.3, -0.25) is 9.80 Å². The van der Waals surface area contributed by atoms with Gasteiger partial charge in [0.1, 0.15) is 0 Å². The number of rotatable bonds is 5. The average molecular weight is 486 g/mol. The van der Waals surface area contributed by atoms with E-state index in [1.165, 1.54) is 18.4 Å². The number of nitrogens with zero attached hydrogens (tertiary/aromatic N) is 4. The molecule has 6 nitrogen and oxygen atoms in total. The molecule has 8 heteroatoms. The van der Waals surface area contributed by atoms with E-state index < -0.39 is 0 Å². The van der Waals surface area contributed by atoms with Gasteiger partial charge in [-0.05, 0) is 61.2 Å². The quantitative estimate of drug-likeness (QED) is 0.652. The lowest BCUT2D eigenvalue weighted by Gasteiger charge is -2.39. The van der Waals surface area contributed by atoms with E-state index in [0.29, 0.717) is 34.7 Å². The number of amides is 2. The molecular formula is C25H29Cl2N5O. The fourth-order valence-corrected chi connectivity index (χ4v) is 5.01. The van der Waals surface area contributed by atoms with Crippen molar-refractivity contribution in [3.05, 3.63) is 63.6 Å². The molecule has 0 aromatic heterocycles. The maximum atomic E-state index is 12.6. The van der Waals surface area contributed by atoms with Crippen LogP contribution in [0.2, 0.25) is 10.0 Å². The number of hydrogen-bond donors (Lipinski definition) is 1. The molecule has 0 aliphatic carbocycles. The summed E-state index contributed by atoms with van der Waals surface area (Å²) in [4.78, 5) is 19.5. The Bertz CT molecular complexity index is 1020. The lowest BCUT2D eigenvalue weighted by atomic mass is 9.96. The van der Waals surface area contributed by atoms with Gasteiger partial charge in [-0.25, -0.2) is 4.79 Å². The third-order valence-corrected chi connectivity index (χ3v) is 7.15. The summed E-state index contributed by atoms with van der Waals surface area (Å²) in [6.07, 6.45) is 2.45. The molecule has 0 unspecified atom stereocenters. The molecule has 0 radical (unpaired) electrons. The molecule has 2 fully saturated rings. The molecule has 0 spiro atoms. The molecule has 2 aliphatic rings. The SMILES string of the molecule is N#Cc1cccc(CN2CCC[C@@H](CN3CCN(C(=O)Nc4ccc(Cl)c(Cl)c4)CC3)C2)c1. The topological polar surface area (TPSA) is 62.6 Å². The monoisotopic (exact) mass is 485 g/mol. The van der Waals surface area contributed by atoms with Crippen LogP contribution in [-0.2, 0) is 6.54 Å². The molecule has 1 N–H and O–H groups in total. The van der Waals surface area contributed by atoms with Gasteiger partial charge >= 0.3 is 6.03 Å². The largest absolute Gasteiger partial charge is 0.322 e. The van der Waals surface area contributed by atoms with Crippen LogP contribution in [0.25, 0.3) is 0 Å². The van der Waals surface area contributed by atoms with Crippen molar-refractivity contribution >= 4 is 34.9 Å². The summed E-state index contributed by atoms with van der Waals surface area (Å²) >= 11 is 12.0. The van der Waals surface area contributed by atoms with Crippen LogP contribution >= 0.6 is 23.2 Å². The van der Waals surface area contributed by atoms with Crippen LogP contribution in [0.3, 0.4) is 0 Å². The smallest absolute Gasteiger partial charge is 0.321 e. The molecule has 1 atom stereocenters. The number of carbonyl (C=O) groups excluding carboxylic acids is 1. The zero-order valence-corrected chi connectivity index (χ0v) is 20.2. The van der Waals surface area contributed by atoms with Gasteiger partial charge in [-0.1, -0.05) is 35.3 Å². The number of hydrogen-bond acceptors (Lipinski definition) is 4. The zero-order valence-electron chi connectivity index (χ0n) is 18.6. The Morgan fingerprint density at radius 2 is 1.85 bits per heavy atom. The van der Waals surface area contributed by atoms with Crippen molar-refractivity contribution in [1.82, 2.24) is 14.7 Å². The van der Waals surface area contributed by atoms with Gasteiger partial charge in [0.2, 0.25) is 0 Å². The van der Waals surface area contributed by atoms with Crippen LogP contribution in [0.5, 0.6) is 0 Å². The Labute approximate surface area is 205 Å². The number of carbonyl (C=O) groups is 1. The summed E-state index contributed by atoms with van der Waals surface area (Å²) in [6, 6.07) is 15.2. The number of piperidine rings is 1. The first-order valence-corrected chi connectivity index (χ1v) is 12.2. The number of anilines is 1. The summed E-state index contributed by atoms with van der Waals surface area (Å²) in [6.45, 7) is 7.34. The highest BCUT2D eigenvalue weighted by Crippen LogP contribution is 2.25. The summed E-state index contributed by atoms with van der Waals surface area (Å²) < 4.78 is 0. The van der Waals surface area contributed by atoms with E-state index in [2.05, 4.69) is 27.3 Å². The molecule has 0 saturated carbocycles. The standard InChI is InChI=1S/C25H29Cl2N5O/c26-23-7-6-22(14-24(23)27)29-25(33)32-11-9-30(10-12-32)17-21-5-2-8-31(18-21)16-20-4-1-3-19(13-20)15-28/h1,3-4,6-7,13-14,21H,2,5,8-12,16-18H2,(H,29,33)/t21-/m0/s1. The summed E-state index contributed by atoms with van der Waals surface area (Å²) in [5.74, 6) is 0.634. The van der Waals surface area contributed by atoms with Crippen molar-refractivity contribution in [2.75, 3.05) is 51.1 Å². The first kappa shape index (κ1) is 23.8. The van der Waals surface area contributed by atoms with E-state index in [9.17, 15) is 4.79 Å². The molecule has 174 valence electrons. The molecule has 2 heterocycles. The fourth-order valence-electron chi connectivity index (χ4n) is 4.72. The maximum absolute atomic E-state index is 12.6. The highest BCUT2D eigenvalue weighted by Gasteiger charge is 2.26. The molecule has 4 rings (SSSR count). The average Bonchev–Trinajstić information content (AvgIpc) is 2.82. The van der Waals surface area contributed by atoms with Crippen molar-refractivity contribution in [1.29, 1.82) is 5.26 Å². The number of urea groups is 1. The number of halogens is 2. The van der Waals surface area contributed by atoms with Gasteiger partial charge in [0.25, 0.3) is 0 Å². The van der Waals surface area contributed by atoms with Gasteiger partial charge in [0.15, 0.2) is 0 Å². The third kappa shape index (κ3) is 6.61. The van der Waals surface area contributed by atoms with Gasteiger partial charge in [-0.2, -0.15) is 5.26 Å². The second-order valence-electron chi connectivity index (χ2n) is 8.90. The lowest BCUT2D eigenvalue weighted by Crippen LogP contribution is -2.52. The van der Waals surface area contributed by atoms with Crippen LogP contribution in [0.1, 0.15) is 24.0 Å². The molecule has 2 saturated heterocycles. The minimum absolute atomic E-state index is 0.100. The highest BCUT2D eigenvalue weighted by molar-refractivity contribution is 6.42. The Morgan fingerprint density at radius 1 is 1.03 bits per heavy atom. The highest BCUT2D eigenvalue weighted by atomic mass is 35.5. The number of piperazine rings is 1. The summed E-state index contributed by atoms with van der Waals surface area (Å²) in [5, 5.41) is 12.9. The summed E-state index contributed by atoms with van der Waals surface area (Å²) in [5.41, 5.74) is 2.58. The molecule has 2 aliphatic heterocycles. The third-order valence-electron chi connectivity index (χ3n) is 6.41. The normalized spacial score (nSPS) is 19.8. The van der Waals surface area contributed by atoms with Crippen LogP contribution < -0.4 is 5.32 Å². The van der Waals surface area contributed by atoms with Gasteiger partial charge < -0.3 is 10.2 Å². The fraction of sp³-hybridized carbons (Fsp3) is 0.440. The van der Waals surface area contributed by atoms with Gasteiger partial charge in [0.05, 0.1) is 21.7 Å². The first-order valence-electron chi connectivity index (χ1n) is 11.4. The van der Waals surface area contributed by atoms with E-state index in [1.54, 1.807) is 18.2 Å². The van der Waals surface area contributed by atoms with Crippen LogP contribution in [0.15, 0.2) is 42.5 Å². The number of benzene rings is 2. The van der Waals surface area contributed by atoms with E-state index in [-0.39, 0.29) is 6.03 Å². The van der Waals surface area contributed by atoms with E-state index in [1.807, 2.05) is 23.1 Å². The van der Waals surface area contributed by atoms with Crippen LogP contribution in [-0.4, -0.2) is 66.5 Å². The minimum Gasteiger partial charge on any atom is -0.322 e. The predicted octanol–water partition coefficient (Wildman–Crippen LogP) is 4.93. The molecule has 2 amide bonds. The second kappa shape index (κ2) is 11.2. The van der Waals surface area contributed by atoms with E-state index in [4.69, 9.17) is 28.5 Å². The molecular weight excluding hydrogens is 457 g/mol. The van der Waals surface area contributed by atoms with Crippen molar-refractivity contribution in [2.45, 2.75) is 19.4 Å². The number of nitrogens with one attached hydrogen (secondary N) is 1. The maximum Gasteiger partial charge on any atom is 0.321 e. The Morgan fingerprint density at radius 3 is 2.61 bits per heavy atom. The zero-order chi connectivity index (χ0) is 23.2. The minimum atomic E-state index is -0.100. The molecule has 0 bridgehead atoms. The lowest BCUT2D eigenvalue weighted by molar-refractivity contribution is 0.0984. The molecule has 2 aromatic rings. The second-order valence-corrected chi connectivity index (χ2v) is 9.72. The molecule has 33 heavy (non-hydrogen) atoms. The Kier molecular flexibility index (Phi) is 8.11. The van der Waals surface area contributed by atoms with E-state index in [0.717, 1.165) is 44.8 Å². The first-order chi connectivity index (χ1) is 16.0. The number of nitriles is 1. The van der Waals surface area contributed by atoms with Gasteiger partial charge in [-0.15, -0.1) is 0 Å².